The highest BCUT2D eigenvalue weighted by Crippen LogP contribution is 2.02. The maximum absolute atomic E-state index is 12.4. The molecule has 0 heterocycles. The molecule has 0 bridgehead atoms. The van der Waals surface area contributed by atoms with Crippen LogP contribution >= 0.6 is 0 Å². The summed E-state index contributed by atoms with van der Waals surface area (Å²) < 4.78 is 0. The SMILES string of the molecule is CC(NC(=O)C(CCC(=O)O)NC(=O)C(N)CCCN=C(N)N)C(=O)NCC(=O)O. The molecule has 3 amide bonds. The molecule has 11 N–H and O–H groups in total. The van der Waals surface area contributed by atoms with Gasteiger partial charge in [0.2, 0.25) is 17.7 Å². The van der Waals surface area contributed by atoms with Crippen LogP contribution in [0.5, 0.6) is 0 Å². The van der Waals surface area contributed by atoms with Crippen LogP contribution in [0.2, 0.25) is 0 Å². The zero-order valence-electron chi connectivity index (χ0n) is 16.6. The van der Waals surface area contributed by atoms with Gasteiger partial charge in [-0.25, -0.2) is 0 Å². The topological polar surface area (TPSA) is 252 Å². The predicted octanol–water partition coefficient (Wildman–Crippen LogP) is -3.58. The Morgan fingerprint density at radius 2 is 1.57 bits per heavy atom. The van der Waals surface area contributed by atoms with Crippen molar-refractivity contribution >= 4 is 35.6 Å². The molecule has 0 saturated heterocycles. The Balaban J connectivity index is 4.87. The molecule has 0 aromatic rings. The van der Waals surface area contributed by atoms with Crippen LogP contribution in [0.3, 0.4) is 0 Å². The van der Waals surface area contributed by atoms with Gasteiger partial charge in [-0.3, -0.25) is 29.0 Å². The second-order valence-corrected chi connectivity index (χ2v) is 6.39. The minimum absolute atomic E-state index is 0.0973. The predicted molar refractivity (Wildman–Crippen MR) is 105 cm³/mol. The summed E-state index contributed by atoms with van der Waals surface area (Å²) in [6.07, 6.45) is -0.0437. The maximum Gasteiger partial charge on any atom is 0.322 e. The van der Waals surface area contributed by atoms with Crippen LogP contribution in [0.4, 0.5) is 0 Å². The number of aliphatic carboxylic acids is 2. The van der Waals surface area contributed by atoms with Gasteiger partial charge in [0, 0.05) is 13.0 Å². The molecule has 170 valence electrons. The summed E-state index contributed by atoms with van der Waals surface area (Å²) in [6.45, 7) is 0.933. The lowest BCUT2D eigenvalue weighted by atomic mass is 10.1. The number of carboxylic acids is 2. The minimum atomic E-state index is -1.26. The third-order valence-corrected chi connectivity index (χ3v) is 3.75. The molecule has 0 radical (unpaired) electrons. The highest BCUT2D eigenvalue weighted by molar-refractivity contribution is 5.93. The van der Waals surface area contributed by atoms with Crippen molar-refractivity contribution in [3.63, 3.8) is 0 Å². The normalized spacial score (nSPS) is 13.3. The van der Waals surface area contributed by atoms with Crippen LogP contribution in [-0.4, -0.2) is 77.0 Å². The second-order valence-electron chi connectivity index (χ2n) is 6.39. The molecule has 0 aliphatic rings. The lowest BCUT2D eigenvalue weighted by Gasteiger charge is -2.22. The van der Waals surface area contributed by atoms with Crippen LogP contribution in [0.15, 0.2) is 4.99 Å². The van der Waals surface area contributed by atoms with Crippen molar-refractivity contribution in [3.05, 3.63) is 0 Å². The average Bonchev–Trinajstić information content (AvgIpc) is 2.65. The molecule has 0 aliphatic heterocycles. The molecular weight excluding hydrogens is 402 g/mol. The van der Waals surface area contributed by atoms with E-state index in [0.717, 1.165) is 0 Å². The summed E-state index contributed by atoms with van der Waals surface area (Å²) in [5, 5.41) is 24.2. The standard InChI is InChI=1S/C16H29N7O7/c1-8(13(28)21-7-12(26)27)22-15(30)10(4-5-11(24)25)23-14(29)9(17)3-2-6-20-16(18)19/h8-10H,2-7,17H2,1H3,(H,21,28)(H,22,30)(H,23,29)(H,24,25)(H,26,27)(H4,18,19,20). The van der Waals surface area contributed by atoms with E-state index in [2.05, 4.69) is 20.9 Å². The highest BCUT2D eigenvalue weighted by atomic mass is 16.4. The van der Waals surface area contributed by atoms with Crippen molar-refractivity contribution in [2.45, 2.75) is 50.7 Å². The van der Waals surface area contributed by atoms with Crippen molar-refractivity contribution in [2.24, 2.45) is 22.2 Å². The molecule has 0 saturated carbocycles. The first-order valence-corrected chi connectivity index (χ1v) is 9.07. The van der Waals surface area contributed by atoms with E-state index < -0.39 is 60.8 Å². The quantitative estimate of drug-likeness (QED) is 0.0762. The van der Waals surface area contributed by atoms with E-state index >= 15 is 0 Å². The summed E-state index contributed by atoms with van der Waals surface area (Å²) in [6, 6.07) is -3.36. The fraction of sp³-hybridized carbons (Fsp3) is 0.625. The number of nitrogens with one attached hydrogen (secondary N) is 3. The number of guanidine groups is 1. The Bertz CT molecular complexity index is 664. The third-order valence-electron chi connectivity index (χ3n) is 3.75. The number of amides is 3. The van der Waals surface area contributed by atoms with Crippen LogP contribution < -0.4 is 33.2 Å². The molecule has 0 spiro atoms. The van der Waals surface area contributed by atoms with Gasteiger partial charge in [0.15, 0.2) is 5.96 Å². The van der Waals surface area contributed by atoms with Gasteiger partial charge in [-0.15, -0.1) is 0 Å². The van der Waals surface area contributed by atoms with Gasteiger partial charge >= 0.3 is 11.9 Å². The largest absolute Gasteiger partial charge is 0.481 e. The number of hydrogen-bond acceptors (Lipinski definition) is 7. The van der Waals surface area contributed by atoms with Gasteiger partial charge in [0.1, 0.15) is 18.6 Å². The monoisotopic (exact) mass is 431 g/mol. The van der Waals surface area contributed by atoms with Crippen molar-refractivity contribution < 1.29 is 34.2 Å². The lowest BCUT2D eigenvalue weighted by Crippen LogP contribution is -2.55. The number of hydrogen-bond donors (Lipinski definition) is 8. The first-order valence-electron chi connectivity index (χ1n) is 9.07. The van der Waals surface area contributed by atoms with Crippen molar-refractivity contribution in [2.75, 3.05) is 13.1 Å². The second kappa shape index (κ2) is 13.7. The molecule has 30 heavy (non-hydrogen) atoms. The molecule has 0 aromatic heterocycles. The average molecular weight is 431 g/mol. The van der Waals surface area contributed by atoms with Gasteiger partial charge < -0.3 is 43.4 Å². The molecular formula is C16H29N7O7. The molecule has 0 aliphatic carbocycles. The van der Waals surface area contributed by atoms with Crippen LogP contribution in [0, 0.1) is 0 Å². The Labute approximate surface area is 172 Å². The molecule has 3 unspecified atom stereocenters. The number of carbonyl (C=O) groups excluding carboxylic acids is 3. The van der Waals surface area contributed by atoms with Gasteiger partial charge in [0.05, 0.1) is 6.04 Å². The van der Waals surface area contributed by atoms with Crippen molar-refractivity contribution in [1.82, 2.24) is 16.0 Å². The van der Waals surface area contributed by atoms with E-state index in [-0.39, 0.29) is 25.3 Å². The van der Waals surface area contributed by atoms with E-state index in [4.69, 9.17) is 27.4 Å². The summed E-state index contributed by atoms with van der Waals surface area (Å²) in [7, 11) is 0. The van der Waals surface area contributed by atoms with Gasteiger partial charge in [-0.1, -0.05) is 0 Å². The molecule has 0 rings (SSSR count). The number of carbonyl (C=O) groups is 5. The number of carboxylic acid groups (broad SMARTS) is 2. The van der Waals surface area contributed by atoms with E-state index in [1.54, 1.807) is 0 Å². The van der Waals surface area contributed by atoms with Crippen LogP contribution in [-0.2, 0) is 24.0 Å². The Hall–Kier alpha value is -3.42. The van der Waals surface area contributed by atoms with Crippen molar-refractivity contribution in [1.29, 1.82) is 0 Å². The molecule has 0 aromatic carbocycles. The first-order chi connectivity index (χ1) is 13.9. The molecule has 14 nitrogen and oxygen atoms in total. The first kappa shape index (κ1) is 26.6. The van der Waals surface area contributed by atoms with Crippen molar-refractivity contribution in [3.8, 4) is 0 Å². The Kier molecular flexibility index (Phi) is 12.1. The van der Waals surface area contributed by atoms with Crippen LogP contribution in [0.25, 0.3) is 0 Å². The zero-order chi connectivity index (χ0) is 23.3. The van der Waals surface area contributed by atoms with Gasteiger partial charge in [-0.2, -0.15) is 0 Å². The summed E-state index contributed by atoms with van der Waals surface area (Å²) >= 11 is 0. The van der Waals surface area contributed by atoms with Crippen LogP contribution in [0.1, 0.15) is 32.6 Å². The third kappa shape index (κ3) is 12.1. The zero-order valence-corrected chi connectivity index (χ0v) is 16.6. The number of rotatable bonds is 14. The Morgan fingerprint density at radius 1 is 0.933 bits per heavy atom. The molecule has 0 fully saturated rings. The highest BCUT2D eigenvalue weighted by Gasteiger charge is 2.26. The number of nitrogens with two attached hydrogens (primary N) is 3. The fourth-order valence-electron chi connectivity index (χ4n) is 2.16. The summed E-state index contributed by atoms with van der Waals surface area (Å²) in [4.78, 5) is 61.5. The molecule has 3 atom stereocenters. The Morgan fingerprint density at radius 3 is 2.10 bits per heavy atom. The number of nitrogens with zero attached hydrogens (tertiary/aromatic N) is 1. The molecule has 14 heteroatoms. The van der Waals surface area contributed by atoms with E-state index in [0.29, 0.717) is 6.42 Å². The van der Waals surface area contributed by atoms with E-state index in [9.17, 15) is 24.0 Å². The summed E-state index contributed by atoms with van der Waals surface area (Å²) in [5.74, 6) is -4.80. The maximum atomic E-state index is 12.4. The van der Waals surface area contributed by atoms with E-state index in [1.807, 2.05) is 0 Å². The smallest absolute Gasteiger partial charge is 0.322 e. The van der Waals surface area contributed by atoms with Gasteiger partial charge in [-0.05, 0) is 26.2 Å². The lowest BCUT2D eigenvalue weighted by molar-refractivity contribution is -0.138. The fourth-order valence-corrected chi connectivity index (χ4v) is 2.16. The van der Waals surface area contributed by atoms with Gasteiger partial charge in [0.25, 0.3) is 0 Å². The number of aliphatic imine (C=N–C) groups is 1. The minimum Gasteiger partial charge on any atom is -0.481 e. The summed E-state index contributed by atoms with van der Waals surface area (Å²) in [5.41, 5.74) is 16.1. The van der Waals surface area contributed by atoms with E-state index in [1.165, 1.54) is 6.92 Å².